The van der Waals surface area contributed by atoms with Crippen LogP contribution in [0.1, 0.15) is 88.5 Å². The summed E-state index contributed by atoms with van der Waals surface area (Å²) in [4.78, 5) is 17.6. The van der Waals surface area contributed by atoms with Crippen molar-refractivity contribution in [2.45, 2.75) is 80.2 Å². The molecule has 0 aromatic heterocycles. The lowest BCUT2D eigenvalue weighted by Gasteiger charge is -2.35. The van der Waals surface area contributed by atoms with Gasteiger partial charge in [-0.1, -0.05) is 149 Å². The van der Waals surface area contributed by atoms with Crippen molar-refractivity contribution in [3.05, 3.63) is 167 Å². The quantitative estimate of drug-likeness (QED) is 0.119. The summed E-state index contributed by atoms with van der Waals surface area (Å²) < 4.78 is 0. The van der Waals surface area contributed by atoms with E-state index in [1.807, 2.05) is 31.3 Å². The third kappa shape index (κ3) is 12.4. The topological polar surface area (TPSA) is 35.6 Å². The Morgan fingerprint density at radius 2 is 1.42 bits per heavy atom. The first-order valence-corrected chi connectivity index (χ1v) is 18.9. The molecule has 4 rings (SSSR count). The zero-order valence-electron chi connectivity index (χ0n) is 33.3. The van der Waals surface area contributed by atoms with Gasteiger partial charge in [-0.3, -0.25) is 4.79 Å². The molecule has 0 fully saturated rings. The fourth-order valence-corrected chi connectivity index (χ4v) is 6.58. The molecule has 2 atom stereocenters. The molecule has 4 heteroatoms. The number of rotatable bonds is 17. The van der Waals surface area contributed by atoms with Crippen molar-refractivity contribution in [3.8, 4) is 0 Å². The first-order chi connectivity index (χ1) is 24.9. The second-order valence-electron chi connectivity index (χ2n) is 14.4. The van der Waals surface area contributed by atoms with E-state index in [4.69, 9.17) is 0 Å². The van der Waals surface area contributed by atoms with Crippen molar-refractivity contribution in [2.24, 2.45) is 5.92 Å². The molecule has 0 heterocycles. The number of carbonyl (C=O) groups excluding carboxylic acids is 1. The van der Waals surface area contributed by atoms with Crippen LogP contribution in [0.25, 0.3) is 11.8 Å². The van der Waals surface area contributed by atoms with Crippen LogP contribution < -0.4 is 5.32 Å². The molecule has 4 aromatic carbocycles. The minimum atomic E-state index is -0.00413. The van der Waals surface area contributed by atoms with Gasteiger partial charge < -0.3 is 15.1 Å². The molecule has 276 valence electrons. The van der Waals surface area contributed by atoms with E-state index >= 15 is 0 Å². The summed E-state index contributed by atoms with van der Waals surface area (Å²) in [6, 6.07) is 31.7. The molecule has 1 amide bonds. The number of nitrogens with zero attached hydrogens (tertiary/aromatic N) is 2. The maximum Gasteiger partial charge on any atom is 0.254 e. The normalized spacial score (nSPS) is 11.8. The predicted octanol–water partition coefficient (Wildman–Crippen LogP) is 11.0. The van der Waals surface area contributed by atoms with Gasteiger partial charge in [-0.15, -0.1) is 0 Å². The number of amides is 1. The van der Waals surface area contributed by atoms with Gasteiger partial charge in [0.05, 0.1) is 0 Å². The second kappa shape index (κ2) is 20.9. The summed E-state index contributed by atoms with van der Waals surface area (Å²) >= 11 is 0. The van der Waals surface area contributed by atoms with Crippen molar-refractivity contribution >= 4 is 17.7 Å². The van der Waals surface area contributed by atoms with E-state index < -0.39 is 0 Å². The van der Waals surface area contributed by atoms with Crippen LogP contribution in [0, 0.1) is 33.6 Å². The Morgan fingerprint density at radius 1 is 0.808 bits per heavy atom. The molecule has 0 spiro atoms. The molecule has 4 aromatic rings. The number of hydrogen-bond donors (Lipinski definition) is 1. The number of carbonyl (C=O) groups is 1. The Bertz CT molecular complexity index is 1770. The van der Waals surface area contributed by atoms with E-state index in [1.165, 1.54) is 39.8 Å². The van der Waals surface area contributed by atoms with E-state index in [0.717, 1.165) is 48.5 Å². The van der Waals surface area contributed by atoms with E-state index in [9.17, 15) is 4.79 Å². The lowest BCUT2D eigenvalue weighted by molar-refractivity contribution is 0.0793. The van der Waals surface area contributed by atoms with Crippen LogP contribution in [0.15, 0.2) is 116 Å². The highest BCUT2D eigenvalue weighted by molar-refractivity contribution is 5.97. The van der Waals surface area contributed by atoms with Gasteiger partial charge >= 0.3 is 0 Å². The molecule has 0 aliphatic rings. The van der Waals surface area contributed by atoms with E-state index in [2.05, 4.69) is 145 Å². The number of nitrogens with one attached hydrogen (secondary N) is 1. The number of hydrogen-bond acceptors (Lipinski definition) is 3. The van der Waals surface area contributed by atoms with Crippen molar-refractivity contribution in [3.63, 3.8) is 0 Å². The molecule has 1 N–H and O–H groups in total. The van der Waals surface area contributed by atoms with Gasteiger partial charge in [0.2, 0.25) is 0 Å². The molecular formula is C48H63N3O. The van der Waals surface area contributed by atoms with Crippen LogP contribution in [0.4, 0.5) is 0 Å². The Kier molecular flexibility index (Phi) is 16.7. The zero-order valence-corrected chi connectivity index (χ0v) is 33.3. The SMILES string of the molecule is C=Cc1ccccc1C(=O)N(C)CCC(=C)N(CCc1ccc(C)cc1C)CC(C)[C@H](Cc1ccccc1)NC(=C)c1ccc(C)cc1C.CCC. The Morgan fingerprint density at radius 3 is 2.06 bits per heavy atom. The van der Waals surface area contributed by atoms with Crippen LogP contribution in [0.5, 0.6) is 0 Å². The van der Waals surface area contributed by atoms with Gasteiger partial charge in [0.25, 0.3) is 5.91 Å². The summed E-state index contributed by atoms with van der Waals surface area (Å²) in [5, 5.41) is 3.86. The van der Waals surface area contributed by atoms with E-state index in [0.29, 0.717) is 18.5 Å². The highest BCUT2D eigenvalue weighted by Gasteiger charge is 2.23. The molecular weight excluding hydrogens is 635 g/mol. The van der Waals surface area contributed by atoms with Crippen molar-refractivity contribution in [1.82, 2.24) is 15.1 Å². The van der Waals surface area contributed by atoms with Crippen molar-refractivity contribution < 1.29 is 4.79 Å². The van der Waals surface area contributed by atoms with E-state index in [1.54, 1.807) is 11.0 Å². The summed E-state index contributed by atoms with van der Waals surface area (Å²) in [6.45, 7) is 30.4. The van der Waals surface area contributed by atoms with Gasteiger partial charge in [0.1, 0.15) is 0 Å². The summed E-state index contributed by atoms with van der Waals surface area (Å²) in [5.41, 5.74) is 12.4. The van der Waals surface area contributed by atoms with Gasteiger partial charge in [-0.05, 0) is 85.9 Å². The van der Waals surface area contributed by atoms with Crippen molar-refractivity contribution in [1.29, 1.82) is 0 Å². The lowest BCUT2D eigenvalue weighted by atomic mass is 9.92. The van der Waals surface area contributed by atoms with Gasteiger partial charge in [-0.2, -0.15) is 0 Å². The monoisotopic (exact) mass is 697 g/mol. The second-order valence-corrected chi connectivity index (χ2v) is 14.4. The van der Waals surface area contributed by atoms with Crippen LogP contribution in [-0.4, -0.2) is 48.4 Å². The Balaban J connectivity index is 0.00000235. The van der Waals surface area contributed by atoms with Crippen LogP contribution in [-0.2, 0) is 12.8 Å². The minimum Gasteiger partial charge on any atom is -0.382 e. The summed E-state index contributed by atoms with van der Waals surface area (Å²) in [5.74, 6) is 0.257. The summed E-state index contributed by atoms with van der Waals surface area (Å²) in [6.07, 6.45) is 5.48. The fraction of sp³-hybridized carbons (Fsp3) is 0.354. The molecule has 0 saturated carbocycles. The molecule has 1 unspecified atom stereocenters. The average Bonchev–Trinajstić information content (AvgIpc) is 3.12. The molecule has 0 aliphatic carbocycles. The average molecular weight is 698 g/mol. The molecule has 0 aliphatic heterocycles. The third-order valence-corrected chi connectivity index (χ3v) is 9.65. The standard InChI is InChI=1S/C45H55N3O.C3H8/c1-10-40-18-14-15-19-43(40)45(49)47(9)26-24-37(7)48(27-25-41-22-20-32(2)28-34(41)4)31-36(6)44(30-39-16-12-11-13-17-39)46-38(8)42-23-21-33(3)29-35(42)5;1-3-2/h10-23,28-29,36,44,46H,1,7-8,24-27,30-31H2,2-6,9H3;3H2,1-2H3/t36?,44-;/m0./s1. The van der Waals surface area contributed by atoms with Crippen molar-refractivity contribution in [2.75, 3.05) is 26.7 Å². The van der Waals surface area contributed by atoms with Crippen LogP contribution >= 0.6 is 0 Å². The Labute approximate surface area is 316 Å². The first kappa shape index (κ1) is 41.6. The first-order valence-electron chi connectivity index (χ1n) is 18.9. The van der Waals surface area contributed by atoms with Crippen LogP contribution in [0.2, 0.25) is 0 Å². The molecule has 0 radical (unpaired) electrons. The minimum absolute atomic E-state index is 0.00413. The van der Waals surface area contributed by atoms with Gasteiger partial charge in [-0.25, -0.2) is 0 Å². The zero-order chi connectivity index (χ0) is 38.2. The highest BCUT2D eigenvalue weighted by Crippen LogP contribution is 2.23. The smallest absolute Gasteiger partial charge is 0.254 e. The highest BCUT2D eigenvalue weighted by atomic mass is 16.2. The molecule has 0 saturated heterocycles. The van der Waals surface area contributed by atoms with Gasteiger partial charge in [0, 0.05) is 56.1 Å². The molecule has 52 heavy (non-hydrogen) atoms. The predicted molar refractivity (Wildman–Crippen MR) is 226 cm³/mol. The van der Waals surface area contributed by atoms with E-state index in [-0.39, 0.29) is 17.9 Å². The fourth-order valence-electron chi connectivity index (χ4n) is 6.58. The maximum atomic E-state index is 13.4. The van der Waals surface area contributed by atoms with Crippen LogP contribution in [0.3, 0.4) is 0 Å². The number of benzene rings is 4. The lowest BCUT2D eigenvalue weighted by Crippen LogP contribution is -2.42. The summed E-state index contributed by atoms with van der Waals surface area (Å²) in [7, 11) is 1.87. The maximum absolute atomic E-state index is 13.4. The molecule has 4 nitrogen and oxygen atoms in total. The number of aryl methyl sites for hydroxylation is 4. The largest absolute Gasteiger partial charge is 0.382 e. The third-order valence-electron chi connectivity index (χ3n) is 9.65. The molecule has 0 bridgehead atoms. The van der Waals surface area contributed by atoms with Gasteiger partial charge in [0.15, 0.2) is 0 Å². The Hall–Kier alpha value is -4.83.